The Morgan fingerprint density at radius 3 is 2.53 bits per heavy atom. The minimum Gasteiger partial charge on any atom is -0.363 e. The molecule has 5 heteroatoms. The fourth-order valence-electron chi connectivity index (χ4n) is 1.43. The van der Waals surface area contributed by atoms with Crippen LogP contribution in [0.15, 0.2) is 30.6 Å². The number of nitrogens with zero attached hydrogens (tertiary/aromatic N) is 3. The molecule has 0 spiro atoms. The van der Waals surface area contributed by atoms with Gasteiger partial charge in [0, 0.05) is 30.7 Å². The van der Waals surface area contributed by atoms with Crippen LogP contribution in [0.3, 0.4) is 0 Å². The van der Waals surface area contributed by atoms with Crippen molar-refractivity contribution in [2.75, 3.05) is 19.0 Å². The topological polar surface area (TPSA) is 29.0 Å². The first-order valence-corrected chi connectivity index (χ1v) is 5.78. The van der Waals surface area contributed by atoms with Crippen molar-refractivity contribution >= 4 is 29.0 Å². The summed E-state index contributed by atoms with van der Waals surface area (Å²) in [6.07, 6.45) is 1.52. The maximum atomic E-state index is 6.13. The van der Waals surface area contributed by atoms with Crippen molar-refractivity contribution in [3.05, 3.63) is 40.6 Å². The van der Waals surface area contributed by atoms with Gasteiger partial charge in [0.25, 0.3) is 0 Å². The Morgan fingerprint density at radius 2 is 1.82 bits per heavy atom. The maximum Gasteiger partial charge on any atom is 0.132 e. The zero-order valence-electron chi connectivity index (χ0n) is 9.48. The molecule has 88 valence electrons. The monoisotopic (exact) mass is 267 g/mol. The lowest BCUT2D eigenvalue weighted by Gasteiger charge is -2.12. The van der Waals surface area contributed by atoms with Gasteiger partial charge < -0.3 is 4.90 Å². The zero-order chi connectivity index (χ0) is 12.4. The summed E-state index contributed by atoms with van der Waals surface area (Å²) in [7, 11) is 3.84. The molecular formula is C12H11Cl2N3. The Balaban J connectivity index is 2.52. The molecule has 2 aromatic rings. The first kappa shape index (κ1) is 12.1. The van der Waals surface area contributed by atoms with E-state index >= 15 is 0 Å². The van der Waals surface area contributed by atoms with Crippen LogP contribution in [0.25, 0.3) is 11.3 Å². The number of halogens is 2. The number of benzene rings is 1. The Labute approximate surface area is 110 Å². The van der Waals surface area contributed by atoms with Crippen LogP contribution in [0.1, 0.15) is 0 Å². The fraction of sp³-hybridized carbons (Fsp3) is 0.167. The summed E-state index contributed by atoms with van der Waals surface area (Å²) in [5.74, 6) is 0.825. The van der Waals surface area contributed by atoms with Crippen LogP contribution in [0.4, 0.5) is 5.82 Å². The molecule has 1 aromatic carbocycles. The highest BCUT2D eigenvalue weighted by atomic mass is 35.5. The summed E-state index contributed by atoms with van der Waals surface area (Å²) in [5, 5.41) is 1.26. The van der Waals surface area contributed by atoms with Gasteiger partial charge >= 0.3 is 0 Å². The number of hydrogen-bond donors (Lipinski definition) is 0. The molecule has 0 radical (unpaired) electrons. The standard InChI is InChI=1S/C12H11Cl2N3/c1-17(2)12-6-11(15-7-16-12)9-5-8(13)3-4-10(9)14/h3-7H,1-2H3. The molecule has 2 rings (SSSR count). The van der Waals surface area contributed by atoms with Crippen LogP contribution in [-0.2, 0) is 0 Å². The average molecular weight is 268 g/mol. The van der Waals surface area contributed by atoms with Crippen molar-refractivity contribution in [1.82, 2.24) is 9.97 Å². The number of rotatable bonds is 2. The van der Waals surface area contributed by atoms with Crippen molar-refractivity contribution in [2.45, 2.75) is 0 Å². The first-order chi connectivity index (χ1) is 8.08. The molecule has 0 saturated carbocycles. The SMILES string of the molecule is CN(C)c1cc(-c2cc(Cl)ccc2Cl)ncn1. The molecule has 0 aliphatic heterocycles. The van der Waals surface area contributed by atoms with E-state index in [2.05, 4.69) is 9.97 Å². The summed E-state index contributed by atoms with van der Waals surface area (Å²) in [4.78, 5) is 10.3. The molecule has 0 N–H and O–H groups in total. The lowest BCUT2D eigenvalue weighted by molar-refractivity contribution is 1.04. The van der Waals surface area contributed by atoms with Crippen molar-refractivity contribution in [2.24, 2.45) is 0 Å². The highest BCUT2D eigenvalue weighted by Gasteiger charge is 2.08. The third-order valence-corrected chi connectivity index (χ3v) is 2.88. The molecule has 0 bridgehead atoms. The van der Waals surface area contributed by atoms with Gasteiger partial charge in [0.15, 0.2) is 0 Å². The van der Waals surface area contributed by atoms with E-state index in [0.29, 0.717) is 10.0 Å². The minimum atomic E-state index is 0.623. The van der Waals surface area contributed by atoms with E-state index in [0.717, 1.165) is 17.1 Å². The molecule has 0 fully saturated rings. The predicted octanol–water partition coefficient (Wildman–Crippen LogP) is 3.52. The molecule has 0 unspecified atom stereocenters. The number of anilines is 1. The lowest BCUT2D eigenvalue weighted by atomic mass is 10.1. The molecule has 1 aromatic heterocycles. The van der Waals surface area contributed by atoms with Gasteiger partial charge in [-0.05, 0) is 18.2 Å². The van der Waals surface area contributed by atoms with Crippen LogP contribution < -0.4 is 4.90 Å². The van der Waals surface area contributed by atoms with E-state index in [1.807, 2.05) is 25.1 Å². The van der Waals surface area contributed by atoms with Gasteiger partial charge in [-0.1, -0.05) is 23.2 Å². The van der Waals surface area contributed by atoms with Crippen LogP contribution in [-0.4, -0.2) is 24.1 Å². The van der Waals surface area contributed by atoms with Gasteiger partial charge in [-0.2, -0.15) is 0 Å². The second kappa shape index (κ2) is 4.90. The largest absolute Gasteiger partial charge is 0.363 e. The molecule has 0 aliphatic carbocycles. The molecule has 0 saturated heterocycles. The molecule has 0 amide bonds. The summed E-state index contributed by atoms with van der Waals surface area (Å²) in [6, 6.07) is 7.18. The first-order valence-electron chi connectivity index (χ1n) is 5.02. The van der Waals surface area contributed by atoms with Crippen LogP contribution in [0.5, 0.6) is 0 Å². The van der Waals surface area contributed by atoms with E-state index in [-0.39, 0.29) is 0 Å². The van der Waals surface area contributed by atoms with Crippen molar-refractivity contribution in [1.29, 1.82) is 0 Å². The summed E-state index contributed by atoms with van der Waals surface area (Å²) in [5.41, 5.74) is 1.57. The number of hydrogen-bond acceptors (Lipinski definition) is 3. The van der Waals surface area contributed by atoms with Crippen LogP contribution >= 0.6 is 23.2 Å². The average Bonchev–Trinajstić information content (AvgIpc) is 2.32. The van der Waals surface area contributed by atoms with Gasteiger partial charge in [-0.25, -0.2) is 9.97 Å². The van der Waals surface area contributed by atoms with Gasteiger partial charge in [-0.15, -0.1) is 0 Å². The van der Waals surface area contributed by atoms with Crippen molar-refractivity contribution in [3.63, 3.8) is 0 Å². The van der Waals surface area contributed by atoms with Gasteiger partial charge in [0.2, 0.25) is 0 Å². The quantitative estimate of drug-likeness (QED) is 0.834. The maximum absolute atomic E-state index is 6.13. The summed E-state index contributed by atoms with van der Waals surface area (Å²) < 4.78 is 0. The lowest BCUT2D eigenvalue weighted by Crippen LogP contribution is -2.10. The highest BCUT2D eigenvalue weighted by molar-refractivity contribution is 6.35. The zero-order valence-corrected chi connectivity index (χ0v) is 11.0. The normalized spacial score (nSPS) is 10.4. The predicted molar refractivity (Wildman–Crippen MR) is 71.8 cm³/mol. The van der Waals surface area contributed by atoms with Gasteiger partial charge in [0.05, 0.1) is 10.7 Å². The third-order valence-electron chi connectivity index (χ3n) is 2.32. The Bertz CT molecular complexity index is 541. The minimum absolute atomic E-state index is 0.623. The number of aromatic nitrogens is 2. The molecule has 0 atom stereocenters. The van der Waals surface area contributed by atoms with Crippen molar-refractivity contribution in [3.8, 4) is 11.3 Å². The Morgan fingerprint density at radius 1 is 1.06 bits per heavy atom. The van der Waals surface area contributed by atoms with Crippen LogP contribution in [0, 0.1) is 0 Å². The van der Waals surface area contributed by atoms with E-state index < -0.39 is 0 Å². The van der Waals surface area contributed by atoms with Gasteiger partial charge in [-0.3, -0.25) is 0 Å². The van der Waals surface area contributed by atoms with E-state index in [1.165, 1.54) is 6.33 Å². The summed E-state index contributed by atoms with van der Waals surface area (Å²) >= 11 is 12.1. The molecule has 0 aliphatic rings. The second-order valence-electron chi connectivity index (χ2n) is 3.78. The fourth-order valence-corrected chi connectivity index (χ4v) is 1.82. The highest BCUT2D eigenvalue weighted by Crippen LogP contribution is 2.30. The summed E-state index contributed by atoms with van der Waals surface area (Å²) in [6.45, 7) is 0. The Hall–Kier alpha value is -1.32. The van der Waals surface area contributed by atoms with Crippen molar-refractivity contribution < 1.29 is 0 Å². The molecule has 3 nitrogen and oxygen atoms in total. The van der Waals surface area contributed by atoms with E-state index in [4.69, 9.17) is 23.2 Å². The van der Waals surface area contributed by atoms with Crippen LogP contribution in [0.2, 0.25) is 10.0 Å². The smallest absolute Gasteiger partial charge is 0.132 e. The Kier molecular flexibility index (Phi) is 3.50. The third kappa shape index (κ3) is 2.68. The molecular weight excluding hydrogens is 257 g/mol. The van der Waals surface area contributed by atoms with E-state index in [9.17, 15) is 0 Å². The molecule has 17 heavy (non-hydrogen) atoms. The van der Waals surface area contributed by atoms with Gasteiger partial charge in [0.1, 0.15) is 12.1 Å². The molecule has 1 heterocycles. The second-order valence-corrected chi connectivity index (χ2v) is 4.62. The van der Waals surface area contributed by atoms with E-state index in [1.54, 1.807) is 18.2 Å².